The van der Waals surface area contributed by atoms with Crippen molar-refractivity contribution in [2.45, 2.75) is 51.3 Å². The van der Waals surface area contributed by atoms with Gasteiger partial charge < -0.3 is 9.64 Å². The number of nitrogens with zero attached hydrogens (tertiary/aromatic N) is 2. The molecule has 6 nitrogen and oxygen atoms in total. The Bertz CT molecular complexity index is 645. The van der Waals surface area contributed by atoms with Crippen molar-refractivity contribution in [3.8, 4) is 0 Å². The standard InChI is InChI=1S/C19H24N2O4/c1-13-12-25-19(15-6-4-3-5-7-15)14(2)21(13)18(24)10-11-20-16(22)8-9-17(20)23/h3-7,13-14,19H,8-12H2,1-2H3/t13-,14+,19-/m1/s1. The van der Waals surface area contributed by atoms with Crippen LogP contribution in [0.3, 0.4) is 0 Å². The first-order valence-electron chi connectivity index (χ1n) is 8.80. The normalized spacial score (nSPS) is 27.0. The highest BCUT2D eigenvalue weighted by atomic mass is 16.5. The number of carbonyl (C=O) groups excluding carboxylic acids is 3. The van der Waals surface area contributed by atoms with Crippen LogP contribution in [0.2, 0.25) is 0 Å². The Morgan fingerprint density at radius 3 is 2.40 bits per heavy atom. The minimum Gasteiger partial charge on any atom is -0.369 e. The average molecular weight is 344 g/mol. The molecular weight excluding hydrogens is 320 g/mol. The summed E-state index contributed by atoms with van der Waals surface area (Å²) in [4.78, 5) is 39.2. The number of hydrogen-bond donors (Lipinski definition) is 0. The predicted molar refractivity (Wildman–Crippen MR) is 91.5 cm³/mol. The maximum atomic E-state index is 12.8. The number of amides is 3. The first-order valence-corrected chi connectivity index (χ1v) is 8.80. The van der Waals surface area contributed by atoms with E-state index in [0.29, 0.717) is 6.61 Å². The maximum Gasteiger partial charge on any atom is 0.229 e. The Labute approximate surface area is 147 Å². The molecule has 134 valence electrons. The van der Waals surface area contributed by atoms with Crippen LogP contribution < -0.4 is 0 Å². The highest BCUT2D eigenvalue weighted by Gasteiger charge is 2.37. The van der Waals surface area contributed by atoms with E-state index in [2.05, 4.69) is 0 Å². The molecule has 0 N–H and O–H groups in total. The fraction of sp³-hybridized carbons (Fsp3) is 0.526. The van der Waals surface area contributed by atoms with Gasteiger partial charge >= 0.3 is 0 Å². The Morgan fingerprint density at radius 2 is 1.76 bits per heavy atom. The molecule has 2 fully saturated rings. The van der Waals surface area contributed by atoms with Crippen molar-refractivity contribution in [2.24, 2.45) is 0 Å². The summed E-state index contributed by atoms with van der Waals surface area (Å²) in [7, 11) is 0. The van der Waals surface area contributed by atoms with Gasteiger partial charge in [0.1, 0.15) is 6.10 Å². The molecule has 6 heteroatoms. The lowest BCUT2D eigenvalue weighted by molar-refractivity contribution is -0.154. The van der Waals surface area contributed by atoms with Crippen LogP contribution in [0.15, 0.2) is 30.3 Å². The van der Waals surface area contributed by atoms with E-state index in [1.807, 2.05) is 49.1 Å². The second-order valence-electron chi connectivity index (χ2n) is 6.74. The number of rotatable bonds is 4. The summed E-state index contributed by atoms with van der Waals surface area (Å²) in [5.41, 5.74) is 1.05. The van der Waals surface area contributed by atoms with Gasteiger partial charge in [-0.25, -0.2) is 0 Å². The average Bonchev–Trinajstić information content (AvgIpc) is 2.92. The third-order valence-electron chi connectivity index (χ3n) is 4.99. The highest BCUT2D eigenvalue weighted by molar-refractivity contribution is 6.02. The number of benzene rings is 1. The van der Waals surface area contributed by atoms with Gasteiger partial charge in [-0.15, -0.1) is 0 Å². The number of ether oxygens (including phenoxy) is 1. The lowest BCUT2D eigenvalue weighted by atomic mass is 9.98. The molecule has 1 aromatic rings. The number of morpholine rings is 1. The molecule has 3 rings (SSSR count). The van der Waals surface area contributed by atoms with Crippen molar-refractivity contribution in [3.05, 3.63) is 35.9 Å². The van der Waals surface area contributed by atoms with E-state index in [1.165, 1.54) is 4.90 Å². The zero-order valence-corrected chi connectivity index (χ0v) is 14.7. The summed E-state index contributed by atoms with van der Waals surface area (Å²) in [6, 6.07) is 9.73. The van der Waals surface area contributed by atoms with Crippen LogP contribution in [-0.2, 0) is 19.1 Å². The van der Waals surface area contributed by atoms with Crippen LogP contribution >= 0.6 is 0 Å². The van der Waals surface area contributed by atoms with E-state index in [9.17, 15) is 14.4 Å². The second-order valence-corrected chi connectivity index (χ2v) is 6.74. The molecule has 0 aliphatic carbocycles. The fourth-order valence-corrected chi connectivity index (χ4v) is 3.71. The number of carbonyl (C=O) groups is 3. The minimum absolute atomic E-state index is 0.0348. The van der Waals surface area contributed by atoms with E-state index in [-0.39, 0.29) is 61.7 Å². The molecule has 2 heterocycles. The van der Waals surface area contributed by atoms with Gasteiger partial charge in [0.2, 0.25) is 17.7 Å². The number of hydrogen-bond acceptors (Lipinski definition) is 4. The summed E-state index contributed by atoms with van der Waals surface area (Å²) in [5.74, 6) is -0.400. The van der Waals surface area contributed by atoms with Crippen molar-refractivity contribution in [1.82, 2.24) is 9.80 Å². The first kappa shape index (κ1) is 17.6. The molecule has 0 unspecified atom stereocenters. The molecular formula is C19H24N2O4. The summed E-state index contributed by atoms with van der Waals surface area (Å²) in [6.07, 6.45) is 0.505. The van der Waals surface area contributed by atoms with E-state index in [1.54, 1.807) is 0 Å². The van der Waals surface area contributed by atoms with Crippen LogP contribution in [0.4, 0.5) is 0 Å². The van der Waals surface area contributed by atoms with Crippen LogP contribution in [0, 0.1) is 0 Å². The number of imide groups is 1. The third kappa shape index (κ3) is 3.58. The van der Waals surface area contributed by atoms with E-state index < -0.39 is 0 Å². The van der Waals surface area contributed by atoms with Gasteiger partial charge in [0.05, 0.1) is 18.7 Å². The van der Waals surface area contributed by atoms with E-state index in [0.717, 1.165) is 5.56 Å². The van der Waals surface area contributed by atoms with Crippen LogP contribution in [0.1, 0.15) is 44.8 Å². The van der Waals surface area contributed by atoms with Gasteiger partial charge in [-0.3, -0.25) is 19.3 Å². The molecule has 0 aromatic heterocycles. The molecule has 2 aliphatic rings. The second kappa shape index (κ2) is 7.35. The Balaban J connectivity index is 1.67. The SMILES string of the molecule is C[C@@H]1CO[C@@H](c2ccccc2)[C@H](C)N1C(=O)CCN1C(=O)CCC1=O. The van der Waals surface area contributed by atoms with Crippen molar-refractivity contribution in [2.75, 3.05) is 13.2 Å². The molecule has 0 spiro atoms. The highest BCUT2D eigenvalue weighted by Crippen LogP contribution is 2.31. The Morgan fingerprint density at radius 1 is 1.12 bits per heavy atom. The van der Waals surface area contributed by atoms with E-state index >= 15 is 0 Å². The van der Waals surface area contributed by atoms with E-state index in [4.69, 9.17) is 4.74 Å². The summed E-state index contributed by atoms with van der Waals surface area (Å²) in [5, 5.41) is 0. The molecule has 3 amide bonds. The zero-order chi connectivity index (χ0) is 18.0. The lowest BCUT2D eigenvalue weighted by Gasteiger charge is -2.44. The van der Waals surface area contributed by atoms with Crippen LogP contribution in [-0.4, -0.2) is 52.8 Å². The van der Waals surface area contributed by atoms with Gasteiger partial charge in [-0.2, -0.15) is 0 Å². The largest absolute Gasteiger partial charge is 0.369 e. The first-order chi connectivity index (χ1) is 12.0. The fourth-order valence-electron chi connectivity index (χ4n) is 3.71. The quantitative estimate of drug-likeness (QED) is 0.783. The van der Waals surface area contributed by atoms with Crippen LogP contribution in [0.25, 0.3) is 0 Å². The minimum atomic E-state index is -0.178. The summed E-state index contributed by atoms with van der Waals surface area (Å²) >= 11 is 0. The molecule has 2 saturated heterocycles. The maximum absolute atomic E-state index is 12.8. The van der Waals surface area contributed by atoms with Gasteiger partial charge in [0.25, 0.3) is 0 Å². The molecule has 1 aromatic carbocycles. The molecule has 0 saturated carbocycles. The van der Waals surface area contributed by atoms with Crippen molar-refractivity contribution >= 4 is 17.7 Å². The number of likely N-dealkylation sites (tertiary alicyclic amines) is 1. The molecule has 0 radical (unpaired) electrons. The zero-order valence-electron chi connectivity index (χ0n) is 14.7. The van der Waals surface area contributed by atoms with Crippen molar-refractivity contribution < 1.29 is 19.1 Å². The van der Waals surface area contributed by atoms with Gasteiger partial charge in [-0.05, 0) is 19.4 Å². The summed E-state index contributed by atoms with van der Waals surface area (Å²) < 4.78 is 5.97. The lowest BCUT2D eigenvalue weighted by Crippen LogP contribution is -2.54. The summed E-state index contributed by atoms with van der Waals surface area (Å²) in [6.45, 7) is 4.58. The monoisotopic (exact) mass is 344 g/mol. The van der Waals surface area contributed by atoms with Crippen molar-refractivity contribution in [3.63, 3.8) is 0 Å². The van der Waals surface area contributed by atoms with Crippen LogP contribution in [0.5, 0.6) is 0 Å². The predicted octanol–water partition coefficient (Wildman–Crippen LogP) is 1.90. The smallest absolute Gasteiger partial charge is 0.229 e. The van der Waals surface area contributed by atoms with Gasteiger partial charge in [-0.1, -0.05) is 30.3 Å². The van der Waals surface area contributed by atoms with Crippen molar-refractivity contribution in [1.29, 1.82) is 0 Å². The molecule has 25 heavy (non-hydrogen) atoms. The Hall–Kier alpha value is -2.21. The topological polar surface area (TPSA) is 66.9 Å². The molecule has 0 bridgehead atoms. The third-order valence-corrected chi connectivity index (χ3v) is 4.99. The molecule has 2 aliphatic heterocycles. The van der Waals surface area contributed by atoms with Gasteiger partial charge in [0.15, 0.2) is 0 Å². The van der Waals surface area contributed by atoms with Gasteiger partial charge in [0, 0.05) is 25.8 Å². The molecule has 3 atom stereocenters. The Kier molecular flexibility index (Phi) is 5.18.